The van der Waals surface area contributed by atoms with Crippen molar-refractivity contribution in [1.82, 2.24) is 9.58 Å². The third-order valence-electron chi connectivity index (χ3n) is 5.96. The minimum Gasteiger partial charge on any atom is -0.318 e. The van der Waals surface area contributed by atoms with E-state index in [9.17, 15) is 14.9 Å². The van der Waals surface area contributed by atoms with E-state index in [1.807, 2.05) is 24.5 Å². The average molecular weight is 499 g/mol. The summed E-state index contributed by atoms with van der Waals surface area (Å²) in [6, 6.07) is 6.47. The van der Waals surface area contributed by atoms with Crippen LogP contribution in [0.4, 0.5) is 5.69 Å². The third kappa shape index (κ3) is 4.07. The Morgan fingerprint density at radius 3 is 2.62 bits per heavy atom. The fourth-order valence-corrected chi connectivity index (χ4v) is 5.42. The van der Waals surface area contributed by atoms with Crippen molar-refractivity contribution >= 4 is 57.1 Å². The van der Waals surface area contributed by atoms with Crippen molar-refractivity contribution in [2.24, 2.45) is 16.0 Å². The highest BCUT2D eigenvalue weighted by molar-refractivity contribution is 8.27. The summed E-state index contributed by atoms with van der Waals surface area (Å²) in [6.45, 7) is 7.88. The zero-order chi connectivity index (χ0) is 24.7. The van der Waals surface area contributed by atoms with Crippen LogP contribution in [0.1, 0.15) is 43.6 Å². The van der Waals surface area contributed by atoms with Gasteiger partial charge in [-0.25, -0.2) is 0 Å². The molecule has 0 spiro atoms. The Hall–Kier alpha value is -3.24. The molecule has 0 aliphatic carbocycles. The van der Waals surface area contributed by atoms with Crippen LogP contribution in [-0.2, 0) is 4.79 Å². The Labute approximate surface area is 205 Å². The summed E-state index contributed by atoms with van der Waals surface area (Å²) in [5.74, 6) is -0.247. The molecule has 2 aromatic rings. The third-order valence-corrected chi connectivity index (χ3v) is 7.35. The number of hydrogen-bond donors (Lipinski definition) is 1. The fourth-order valence-electron chi connectivity index (χ4n) is 4.08. The molecule has 176 valence electrons. The summed E-state index contributed by atoms with van der Waals surface area (Å²) in [7, 11) is 0. The Balaban J connectivity index is 1.73. The molecule has 1 amide bonds. The van der Waals surface area contributed by atoms with Crippen molar-refractivity contribution in [3.8, 4) is 5.69 Å². The van der Waals surface area contributed by atoms with Crippen LogP contribution in [0, 0.1) is 35.3 Å². The molecule has 3 heterocycles. The van der Waals surface area contributed by atoms with E-state index in [0.29, 0.717) is 16.4 Å². The van der Waals surface area contributed by atoms with Gasteiger partial charge in [0, 0.05) is 23.4 Å². The molecule has 1 aromatic heterocycles. The number of nitrogens with zero attached hydrogens (tertiary/aromatic N) is 5. The second-order valence-electron chi connectivity index (χ2n) is 8.03. The lowest BCUT2D eigenvalue weighted by Crippen LogP contribution is -2.35. The van der Waals surface area contributed by atoms with E-state index in [1.165, 1.54) is 28.9 Å². The predicted octanol–water partition coefficient (Wildman–Crippen LogP) is 5.71. The highest BCUT2D eigenvalue weighted by Gasteiger charge is 2.37. The van der Waals surface area contributed by atoms with E-state index in [2.05, 4.69) is 23.9 Å². The molecule has 1 N–H and O–H groups in total. The summed E-state index contributed by atoms with van der Waals surface area (Å²) in [5, 5.41) is 27.3. The van der Waals surface area contributed by atoms with Crippen molar-refractivity contribution in [1.29, 1.82) is 5.41 Å². The molecule has 4 rings (SSSR count). The number of aromatic nitrogens is 1. The largest absolute Gasteiger partial charge is 0.318 e. The number of thioether (sulfide) groups is 1. The van der Waals surface area contributed by atoms with Gasteiger partial charge in [0.2, 0.25) is 5.17 Å². The number of aryl methyl sites for hydroxylation is 1. The molecule has 0 bridgehead atoms. The van der Waals surface area contributed by atoms with E-state index in [4.69, 9.17) is 17.0 Å². The molecule has 0 saturated carbocycles. The van der Waals surface area contributed by atoms with Crippen LogP contribution in [-0.4, -0.2) is 36.5 Å². The number of benzene rings is 1. The first-order valence-electron chi connectivity index (χ1n) is 10.8. The van der Waals surface area contributed by atoms with E-state index >= 15 is 0 Å². The van der Waals surface area contributed by atoms with Gasteiger partial charge in [0.05, 0.1) is 16.2 Å². The molecule has 2 aliphatic heterocycles. The molecule has 34 heavy (non-hydrogen) atoms. The summed E-state index contributed by atoms with van der Waals surface area (Å²) in [6.07, 6.45) is 3.47. The first-order valence-corrected chi connectivity index (χ1v) is 12.0. The second-order valence-corrected chi connectivity index (χ2v) is 9.42. The minimum atomic E-state index is -0.523. The Morgan fingerprint density at radius 1 is 1.26 bits per heavy atom. The van der Waals surface area contributed by atoms with Crippen LogP contribution < -0.4 is 0 Å². The van der Waals surface area contributed by atoms with Crippen molar-refractivity contribution in [3.05, 3.63) is 61.9 Å². The molecule has 2 aliphatic rings. The number of carbonyl (C=O) groups excluding carboxylic acids is 1. The van der Waals surface area contributed by atoms with Gasteiger partial charge in [-0.2, -0.15) is 15.1 Å². The molecule has 9 nitrogen and oxygen atoms in total. The van der Waals surface area contributed by atoms with Gasteiger partial charge in [-0.1, -0.05) is 25.4 Å². The van der Waals surface area contributed by atoms with Crippen LogP contribution in [0.25, 0.3) is 11.8 Å². The number of fused-ring (bicyclic) bond motifs is 1. The van der Waals surface area contributed by atoms with Crippen LogP contribution in [0.5, 0.6) is 0 Å². The second kappa shape index (κ2) is 9.19. The quantitative estimate of drug-likeness (QED) is 0.311. The molecule has 11 heteroatoms. The number of nitro benzene ring substituents is 1. The highest BCUT2D eigenvalue weighted by Crippen LogP contribution is 2.34. The van der Waals surface area contributed by atoms with Gasteiger partial charge < -0.3 is 4.57 Å². The van der Waals surface area contributed by atoms with Gasteiger partial charge in [0.25, 0.3) is 11.6 Å². The lowest BCUT2D eigenvalue weighted by molar-refractivity contribution is -0.384. The molecule has 0 fully saturated rings. The first-order chi connectivity index (χ1) is 16.2. The monoisotopic (exact) mass is 498 g/mol. The SMILES string of the molecule is CCC(CC)C1=NN2C(=N)/C(=C/c3cc(C)n(-c4ccc(Cl)c([N+](=O)[O-])c4)c3C)C(=O)N=C2S1. The van der Waals surface area contributed by atoms with E-state index in [-0.39, 0.29) is 28.0 Å². The van der Waals surface area contributed by atoms with Crippen LogP contribution in [0.2, 0.25) is 5.02 Å². The van der Waals surface area contributed by atoms with Crippen LogP contribution in [0.15, 0.2) is 39.9 Å². The summed E-state index contributed by atoms with van der Waals surface area (Å²) in [4.78, 5) is 27.8. The molecule has 0 saturated heterocycles. The number of amidine groups is 2. The van der Waals surface area contributed by atoms with Gasteiger partial charge >= 0.3 is 0 Å². The average Bonchev–Trinajstić information content (AvgIpc) is 3.33. The molecule has 1 aromatic carbocycles. The number of nitro groups is 1. The van der Waals surface area contributed by atoms with Gasteiger partial charge in [0.1, 0.15) is 10.1 Å². The maximum Gasteiger partial charge on any atom is 0.289 e. The lowest BCUT2D eigenvalue weighted by atomic mass is 10.1. The number of hydrogen-bond acceptors (Lipinski definition) is 6. The number of hydrazone groups is 1. The Kier molecular flexibility index (Phi) is 6.46. The molecular formula is C23H23ClN6O3S. The number of halogens is 1. The summed E-state index contributed by atoms with van der Waals surface area (Å²) >= 11 is 7.31. The first kappa shape index (κ1) is 23.9. The van der Waals surface area contributed by atoms with Crippen LogP contribution in [0.3, 0.4) is 0 Å². The van der Waals surface area contributed by atoms with Gasteiger partial charge in [-0.15, -0.1) is 0 Å². The van der Waals surface area contributed by atoms with Gasteiger partial charge in [-0.05, 0) is 68.3 Å². The lowest BCUT2D eigenvalue weighted by Gasteiger charge is -2.20. The molecule has 0 unspecified atom stereocenters. The van der Waals surface area contributed by atoms with E-state index < -0.39 is 10.8 Å². The fraction of sp³-hybridized carbons (Fsp3) is 0.304. The summed E-state index contributed by atoms with van der Waals surface area (Å²) < 4.78 is 1.84. The summed E-state index contributed by atoms with van der Waals surface area (Å²) in [5.41, 5.74) is 2.81. The van der Waals surface area contributed by atoms with E-state index in [0.717, 1.165) is 29.3 Å². The Morgan fingerprint density at radius 2 is 1.97 bits per heavy atom. The molecule has 0 radical (unpaired) electrons. The normalized spacial score (nSPS) is 16.9. The predicted molar refractivity (Wildman–Crippen MR) is 136 cm³/mol. The number of nitrogens with one attached hydrogen (secondary N) is 1. The zero-order valence-corrected chi connectivity index (χ0v) is 20.7. The zero-order valence-electron chi connectivity index (χ0n) is 19.1. The number of aliphatic imine (C=N–C) groups is 1. The smallest absolute Gasteiger partial charge is 0.289 e. The Bertz CT molecular complexity index is 1320. The number of amides is 1. The number of rotatable bonds is 6. The maximum atomic E-state index is 12.8. The number of carbonyl (C=O) groups is 1. The van der Waals surface area contributed by atoms with Crippen LogP contribution >= 0.6 is 23.4 Å². The van der Waals surface area contributed by atoms with Crippen molar-refractivity contribution in [3.63, 3.8) is 0 Å². The maximum absolute atomic E-state index is 12.8. The molecular weight excluding hydrogens is 476 g/mol. The van der Waals surface area contributed by atoms with Crippen molar-refractivity contribution < 1.29 is 9.72 Å². The van der Waals surface area contributed by atoms with E-state index in [1.54, 1.807) is 12.1 Å². The highest BCUT2D eigenvalue weighted by atomic mass is 35.5. The van der Waals surface area contributed by atoms with Crippen molar-refractivity contribution in [2.75, 3.05) is 0 Å². The van der Waals surface area contributed by atoms with Crippen molar-refractivity contribution in [2.45, 2.75) is 40.5 Å². The standard InChI is InChI=1S/C23H23ClN6O3S/c1-5-14(6-2)22-27-29-20(25)17(21(31)26-23(29)34-22)10-15-9-12(3)28(13(15)4)16-7-8-18(24)19(11-16)30(32)33/h7-11,14,25H,5-6H2,1-4H3/b17-10-,25-20?. The molecule has 0 atom stereocenters. The minimum absolute atomic E-state index is 0.0182. The van der Waals surface area contributed by atoms with Gasteiger partial charge in [-0.3, -0.25) is 20.3 Å². The topological polar surface area (TPSA) is 117 Å². The van der Waals surface area contributed by atoms with Gasteiger partial charge in [0.15, 0.2) is 5.84 Å².